The Balaban J connectivity index is 1.50. The van der Waals surface area contributed by atoms with Gasteiger partial charge in [-0.1, -0.05) is 0 Å². The fourth-order valence-corrected chi connectivity index (χ4v) is 4.03. The fourth-order valence-electron chi connectivity index (χ4n) is 3.28. The van der Waals surface area contributed by atoms with Crippen LogP contribution >= 0.6 is 11.3 Å². The van der Waals surface area contributed by atoms with E-state index < -0.39 is 0 Å². The molecule has 0 bridgehead atoms. The minimum Gasteiger partial charge on any atom is -0.307 e. The van der Waals surface area contributed by atoms with Gasteiger partial charge >= 0.3 is 0 Å². The first-order valence-electron chi connectivity index (χ1n) is 8.16. The van der Waals surface area contributed by atoms with Gasteiger partial charge in [0.05, 0.1) is 0 Å². The average molecular weight is 315 g/mol. The van der Waals surface area contributed by atoms with Gasteiger partial charge in [0.25, 0.3) is 0 Å². The minimum absolute atomic E-state index is 0.459. The maximum absolute atomic E-state index is 4.11. The van der Waals surface area contributed by atoms with E-state index in [0.717, 1.165) is 13.1 Å². The molecule has 3 rings (SSSR count). The van der Waals surface area contributed by atoms with Crippen molar-refractivity contribution < 1.29 is 0 Å². The maximum atomic E-state index is 4.11. The highest BCUT2D eigenvalue weighted by molar-refractivity contribution is 7.07. The molecule has 118 valence electrons. The van der Waals surface area contributed by atoms with Crippen LogP contribution in [0.5, 0.6) is 0 Å². The Bertz CT molecular complexity index is 547. The summed E-state index contributed by atoms with van der Waals surface area (Å²) >= 11 is 1.78. The summed E-state index contributed by atoms with van der Waals surface area (Å²) < 4.78 is 0. The third-order valence-corrected chi connectivity index (χ3v) is 5.50. The number of hydrogen-bond donors (Lipinski definition) is 1. The van der Waals surface area contributed by atoms with Gasteiger partial charge in [-0.15, -0.1) is 0 Å². The van der Waals surface area contributed by atoms with Crippen molar-refractivity contribution in [2.75, 3.05) is 13.1 Å². The van der Waals surface area contributed by atoms with Gasteiger partial charge in [0.2, 0.25) is 0 Å². The second-order valence-corrected chi connectivity index (χ2v) is 6.99. The number of piperidine rings is 1. The highest BCUT2D eigenvalue weighted by Gasteiger charge is 2.24. The molecule has 1 aliphatic rings. The summed E-state index contributed by atoms with van der Waals surface area (Å²) in [4.78, 5) is 6.70. The largest absolute Gasteiger partial charge is 0.307 e. The molecule has 2 aromatic rings. The number of hydrogen-bond acceptors (Lipinski definition) is 4. The number of rotatable bonds is 5. The molecule has 0 unspecified atom stereocenters. The van der Waals surface area contributed by atoms with Crippen molar-refractivity contribution in [2.45, 2.75) is 44.8 Å². The molecule has 0 aliphatic carbocycles. The summed E-state index contributed by atoms with van der Waals surface area (Å²) in [5, 5.41) is 8.20. The summed E-state index contributed by atoms with van der Waals surface area (Å²) in [5.41, 5.74) is 2.78. The lowest BCUT2D eigenvalue weighted by atomic mass is 9.99. The number of nitrogens with zero attached hydrogens (tertiary/aromatic N) is 2. The van der Waals surface area contributed by atoms with E-state index in [9.17, 15) is 0 Å². The molecule has 1 fully saturated rings. The zero-order valence-corrected chi connectivity index (χ0v) is 14.2. The summed E-state index contributed by atoms with van der Waals surface area (Å²) in [6.07, 6.45) is 6.24. The van der Waals surface area contributed by atoms with Crippen molar-refractivity contribution >= 4 is 11.3 Å². The first-order chi connectivity index (χ1) is 10.7. The Kier molecular flexibility index (Phi) is 5.24. The van der Waals surface area contributed by atoms with Crippen molar-refractivity contribution in [3.8, 4) is 0 Å². The summed E-state index contributed by atoms with van der Waals surface area (Å²) in [7, 11) is 0. The van der Waals surface area contributed by atoms with E-state index in [-0.39, 0.29) is 0 Å². The predicted molar refractivity (Wildman–Crippen MR) is 93.1 cm³/mol. The maximum Gasteiger partial charge on any atom is 0.0321 e. The van der Waals surface area contributed by atoms with Crippen LogP contribution in [-0.2, 0) is 0 Å². The molecule has 0 saturated carbocycles. The normalized spacial score (nSPS) is 19.9. The molecular formula is C18H25N3S. The Morgan fingerprint density at radius 2 is 1.86 bits per heavy atom. The van der Waals surface area contributed by atoms with Gasteiger partial charge in [-0.3, -0.25) is 9.88 Å². The van der Waals surface area contributed by atoms with Gasteiger partial charge < -0.3 is 5.32 Å². The highest BCUT2D eigenvalue weighted by Crippen LogP contribution is 2.25. The Morgan fingerprint density at radius 3 is 2.50 bits per heavy atom. The number of pyridine rings is 1. The van der Waals surface area contributed by atoms with Crippen LogP contribution in [0.2, 0.25) is 0 Å². The SMILES string of the molecule is C[C@H](NC1CCN([C@@H](C)c2ccncc2)CC1)c1ccsc1. The second kappa shape index (κ2) is 7.36. The first-order valence-corrected chi connectivity index (χ1v) is 9.10. The van der Waals surface area contributed by atoms with Crippen LogP contribution in [0.25, 0.3) is 0 Å². The molecule has 22 heavy (non-hydrogen) atoms. The van der Waals surface area contributed by atoms with E-state index in [4.69, 9.17) is 0 Å². The standard InChI is InChI=1S/C18H25N3S/c1-14(17-7-12-22-13-17)20-18-5-10-21(11-6-18)15(2)16-3-8-19-9-4-16/h3-4,7-9,12-15,18,20H,5-6,10-11H2,1-2H3/t14-,15-/m0/s1. The van der Waals surface area contributed by atoms with Crippen molar-refractivity contribution in [3.63, 3.8) is 0 Å². The molecule has 1 saturated heterocycles. The third-order valence-electron chi connectivity index (χ3n) is 4.79. The van der Waals surface area contributed by atoms with Gasteiger partial charge in [0.1, 0.15) is 0 Å². The number of aromatic nitrogens is 1. The molecule has 0 aromatic carbocycles. The molecule has 3 nitrogen and oxygen atoms in total. The fraction of sp³-hybridized carbons (Fsp3) is 0.500. The van der Waals surface area contributed by atoms with Gasteiger partial charge in [-0.05, 0) is 66.8 Å². The van der Waals surface area contributed by atoms with Crippen molar-refractivity contribution in [1.29, 1.82) is 0 Å². The van der Waals surface area contributed by atoms with Crippen LogP contribution in [-0.4, -0.2) is 29.0 Å². The van der Waals surface area contributed by atoms with Crippen LogP contribution in [0.15, 0.2) is 41.4 Å². The minimum atomic E-state index is 0.459. The summed E-state index contributed by atoms with van der Waals surface area (Å²) in [6.45, 7) is 6.90. The lowest BCUT2D eigenvalue weighted by molar-refractivity contribution is 0.149. The average Bonchev–Trinajstić information content (AvgIpc) is 3.10. The van der Waals surface area contributed by atoms with Crippen molar-refractivity contribution in [1.82, 2.24) is 15.2 Å². The topological polar surface area (TPSA) is 28.2 Å². The van der Waals surface area contributed by atoms with Gasteiger partial charge in [-0.2, -0.15) is 11.3 Å². The Hall–Kier alpha value is -1.23. The van der Waals surface area contributed by atoms with Crippen LogP contribution < -0.4 is 5.32 Å². The Labute approximate surface area is 137 Å². The molecular weight excluding hydrogens is 290 g/mol. The zero-order chi connectivity index (χ0) is 15.4. The lowest BCUT2D eigenvalue weighted by Gasteiger charge is -2.37. The number of nitrogens with one attached hydrogen (secondary N) is 1. The van der Waals surface area contributed by atoms with E-state index in [0.29, 0.717) is 18.1 Å². The van der Waals surface area contributed by atoms with Gasteiger partial charge in [-0.25, -0.2) is 0 Å². The zero-order valence-electron chi connectivity index (χ0n) is 13.4. The second-order valence-electron chi connectivity index (χ2n) is 6.21. The monoisotopic (exact) mass is 315 g/mol. The first kappa shape index (κ1) is 15.7. The number of thiophene rings is 1. The lowest BCUT2D eigenvalue weighted by Crippen LogP contribution is -2.44. The van der Waals surface area contributed by atoms with Crippen LogP contribution in [0.1, 0.15) is 49.9 Å². The molecule has 2 aromatic heterocycles. The van der Waals surface area contributed by atoms with Crippen molar-refractivity contribution in [3.05, 3.63) is 52.5 Å². The van der Waals surface area contributed by atoms with E-state index >= 15 is 0 Å². The van der Waals surface area contributed by atoms with Crippen LogP contribution in [0.4, 0.5) is 0 Å². The van der Waals surface area contributed by atoms with Gasteiger partial charge in [0.15, 0.2) is 0 Å². The summed E-state index contributed by atoms with van der Waals surface area (Å²) in [5.74, 6) is 0. The molecule has 0 amide bonds. The van der Waals surface area contributed by atoms with Crippen LogP contribution in [0.3, 0.4) is 0 Å². The molecule has 0 radical (unpaired) electrons. The molecule has 1 aliphatic heterocycles. The van der Waals surface area contributed by atoms with Gasteiger partial charge in [0, 0.05) is 43.6 Å². The highest BCUT2D eigenvalue weighted by atomic mass is 32.1. The van der Waals surface area contributed by atoms with E-state index in [1.54, 1.807) is 11.3 Å². The predicted octanol–water partition coefficient (Wildman–Crippen LogP) is 4.02. The van der Waals surface area contributed by atoms with Crippen LogP contribution in [0, 0.1) is 0 Å². The van der Waals surface area contributed by atoms with Crippen molar-refractivity contribution in [2.24, 2.45) is 0 Å². The third kappa shape index (κ3) is 3.75. The molecule has 2 atom stereocenters. The quantitative estimate of drug-likeness (QED) is 0.903. The molecule has 3 heterocycles. The smallest absolute Gasteiger partial charge is 0.0321 e. The Morgan fingerprint density at radius 1 is 1.14 bits per heavy atom. The van der Waals surface area contributed by atoms with E-state index in [1.165, 1.54) is 24.0 Å². The van der Waals surface area contributed by atoms with E-state index in [1.807, 2.05) is 12.4 Å². The molecule has 0 spiro atoms. The summed E-state index contributed by atoms with van der Waals surface area (Å²) in [6, 6.07) is 8.07. The van der Waals surface area contributed by atoms with E-state index in [2.05, 4.69) is 58.0 Å². The molecule has 4 heteroatoms. The molecule has 1 N–H and O–H groups in total. The number of likely N-dealkylation sites (tertiary alicyclic amines) is 1.